The zero-order valence-electron chi connectivity index (χ0n) is 7.54. The Morgan fingerprint density at radius 2 is 2.23 bits per heavy atom. The van der Waals surface area contributed by atoms with E-state index in [4.69, 9.17) is 0 Å². The van der Waals surface area contributed by atoms with Gasteiger partial charge in [-0.05, 0) is 26.0 Å². The summed E-state index contributed by atoms with van der Waals surface area (Å²) in [7, 11) is 0. The lowest BCUT2D eigenvalue weighted by Gasteiger charge is -2.06. The fourth-order valence-corrected chi connectivity index (χ4v) is 0.846. The lowest BCUT2D eigenvalue weighted by atomic mass is 10.3. The number of hydrogen-bond donors (Lipinski definition) is 1. The van der Waals surface area contributed by atoms with Gasteiger partial charge in [-0.3, -0.25) is 4.79 Å². The first-order chi connectivity index (χ1) is 6.09. The molecular formula is C9H11FN2O. The first-order valence-corrected chi connectivity index (χ1v) is 4.02. The predicted octanol–water partition coefficient (Wildman–Crippen LogP) is 1.36. The van der Waals surface area contributed by atoms with Gasteiger partial charge in [0, 0.05) is 6.04 Å². The van der Waals surface area contributed by atoms with E-state index < -0.39 is 5.82 Å². The molecular weight excluding hydrogens is 171 g/mol. The molecule has 0 spiro atoms. The van der Waals surface area contributed by atoms with E-state index >= 15 is 0 Å². The van der Waals surface area contributed by atoms with E-state index in [1.807, 2.05) is 13.8 Å². The van der Waals surface area contributed by atoms with Crippen molar-refractivity contribution in [2.75, 3.05) is 0 Å². The fourth-order valence-electron chi connectivity index (χ4n) is 0.846. The Hall–Kier alpha value is -1.45. The molecule has 0 bridgehead atoms. The van der Waals surface area contributed by atoms with Crippen molar-refractivity contribution in [2.24, 2.45) is 0 Å². The fraction of sp³-hybridized carbons (Fsp3) is 0.333. The number of aromatic nitrogens is 1. The Labute approximate surface area is 76.0 Å². The molecule has 0 unspecified atom stereocenters. The van der Waals surface area contributed by atoms with E-state index in [0.29, 0.717) is 0 Å². The molecule has 1 rings (SSSR count). The molecule has 0 aliphatic carbocycles. The van der Waals surface area contributed by atoms with Gasteiger partial charge in [-0.15, -0.1) is 0 Å². The topological polar surface area (TPSA) is 42.0 Å². The van der Waals surface area contributed by atoms with Crippen molar-refractivity contribution in [1.29, 1.82) is 0 Å². The van der Waals surface area contributed by atoms with Crippen LogP contribution >= 0.6 is 0 Å². The monoisotopic (exact) mass is 182 g/mol. The summed E-state index contributed by atoms with van der Waals surface area (Å²) in [5.41, 5.74) is 0.232. The van der Waals surface area contributed by atoms with Crippen molar-refractivity contribution >= 4 is 5.91 Å². The lowest BCUT2D eigenvalue weighted by molar-refractivity contribution is 0.0938. The van der Waals surface area contributed by atoms with Crippen LogP contribution in [0, 0.1) is 5.82 Å². The number of nitrogens with one attached hydrogen (secondary N) is 1. The SMILES string of the molecule is CC(C)NC(=O)c1ccc(F)cn1. The van der Waals surface area contributed by atoms with E-state index in [1.54, 1.807) is 0 Å². The average Bonchev–Trinajstić information content (AvgIpc) is 2.04. The van der Waals surface area contributed by atoms with Crippen molar-refractivity contribution in [1.82, 2.24) is 10.3 Å². The first-order valence-electron chi connectivity index (χ1n) is 4.02. The lowest BCUT2D eigenvalue weighted by Crippen LogP contribution is -2.30. The molecule has 0 aromatic carbocycles. The highest BCUT2D eigenvalue weighted by molar-refractivity contribution is 5.92. The second kappa shape index (κ2) is 3.98. The van der Waals surface area contributed by atoms with Crippen LogP contribution in [-0.2, 0) is 0 Å². The molecule has 1 N–H and O–H groups in total. The number of rotatable bonds is 2. The first kappa shape index (κ1) is 9.64. The highest BCUT2D eigenvalue weighted by atomic mass is 19.1. The van der Waals surface area contributed by atoms with Crippen molar-refractivity contribution in [3.63, 3.8) is 0 Å². The number of carbonyl (C=O) groups is 1. The van der Waals surface area contributed by atoms with Gasteiger partial charge in [0.2, 0.25) is 0 Å². The van der Waals surface area contributed by atoms with Crippen LogP contribution in [0.25, 0.3) is 0 Å². The minimum absolute atomic E-state index is 0.0550. The molecule has 0 aliphatic heterocycles. The summed E-state index contributed by atoms with van der Waals surface area (Å²) in [5, 5.41) is 2.65. The normalized spacial score (nSPS) is 10.2. The Morgan fingerprint density at radius 3 is 2.69 bits per heavy atom. The molecule has 3 nitrogen and oxygen atoms in total. The molecule has 0 saturated heterocycles. The van der Waals surface area contributed by atoms with E-state index in [2.05, 4.69) is 10.3 Å². The van der Waals surface area contributed by atoms with Crippen molar-refractivity contribution in [3.05, 3.63) is 29.8 Å². The number of nitrogens with zero attached hydrogens (tertiary/aromatic N) is 1. The third-order valence-corrected chi connectivity index (χ3v) is 1.38. The van der Waals surface area contributed by atoms with Crippen LogP contribution in [-0.4, -0.2) is 16.9 Å². The van der Waals surface area contributed by atoms with Crippen LogP contribution in [0.5, 0.6) is 0 Å². The Kier molecular flexibility index (Phi) is 2.95. The van der Waals surface area contributed by atoms with E-state index in [1.165, 1.54) is 12.1 Å². The minimum Gasteiger partial charge on any atom is -0.349 e. The Bertz CT molecular complexity index is 295. The minimum atomic E-state index is -0.443. The second-order valence-electron chi connectivity index (χ2n) is 2.99. The van der Waals surface area contributed by atoms with Crippen LogP contribution in [0.15, 0.2) is 18.3 Å². The highest BCUT2D eigenvalue weighted by Gasteiger charge is 2.07. The van der Waals surface area contributed by atoms with Crippen LogP contribution in [0.2, 0.25) is 0 Å². The summed E-state index contributed by atoms with van der Waals surface area (Å²) in [5.74, 6) is -0.726. The molecule has 1 aromatic heterocycles. The van der Waals surface area contributed by atoms with Crippen molar-refractivity contribution in [2.45, 2.75) is 19.9 Å². The van der Waals surface area contributed by atoms with E-state index in [0.717, 1.165) is 6.20 Å². The number of pyridine rings is 1. The molecule has 0 aliphatic rings. The Balaban J connectivity index is 2.72. The Morgan fingerprint density at radius 1 is 1.54 bits per heavy atom. The maximum atomic E-state index is 12.4. The van der Waals surface area contributed by atoms with Gasteiger partial charge in [-0.25, -0.2) is 9.37 Å². The van der Waals surface area contributed by atoms with E-state index in [-0.39, 0.29) is 17.6 Å². The van der Waals surface area contributed by atoms with Gasteiger partial charge in [0.15, 0.2) is 0 Å². The summed E-state index contributed by atoms with van der Waals surface area (Å²) in [4.78, 5) is 14.9. The standard InChI is InChI=1S/C9H11FN2O/c1-6(2)12-9(13)8-4-3-7(10)5-11-8/h3-6H,1-2H3,(H,12,13). The summed E-state index contributed by atoms with van der Waals surface area (Å²) in [6.45, 7) is 3.70. The summed E-state index contributed by atoms with van der Waals surface area (Å²) >= 11 is 0. The molecule has 1 aromatic rings. The van der Waals surface area contributed by atoms with Crippen LogP contribution in [0.4, 0.5) is 4.39 Å². The largest absolute Gasteiger partial charge is 0.349 e. The smallest absolute Gasteiger partial charge is 0.270 e. The van der Waals surface area contributed by atoms with Crippen LogP contribution in [0.3, 0.4) is 0 Å². The zero-order valence-corrected chi connectivity index (χ0v) is 7.54. The number of carbonyl (C=O) groups excluding carboxylic acids is 1. The molecule has 1 heterocycles. The van der Waals surface area contributed by atoms with Gasteiger partial charge in [-0.1, -0.05) is 0 Å². The molecule has 1 amide bonds. The highest BCUT2D eigenvalue weighted by Crippen LogP contribution is 1.98. The van der Waals surface area contributed by atoms with E-state index in [9.17, 15) is 9.18 Å². The molecule has 13 heavy (non-hydrogen) atoms. The van der Waals surface area contributed by atoms with Gasteiger partial charge >= 0.3 is 0 Å². The maximum Gasteiger partial charge on any atom is 0.270 e. The molecule has 0 atom stereocenters. The molecule has 0 radical (unpaired) electrons. The zero-order chi connectivity index (χ0) is 9.84. The predicted molar refractivity (Wildman–Crippen MR) is 46.8 cm³/mol. The number of halogens is 1. The second-order valence-corrected chi connectivity index (χ2v) is 2.99. The molecule has 0 saturated carbocycles. The number of amides is 1. The quantitative estimate of drug-likeness (QED) is 0.750. The molecule has 70 valence electrons. The summed E-state index contributed by atoms with van der Waals surface area (Å²) in [6, 6.07) is 2.62. The maximum absolute atomic E-state index is 12.4. The average molecular weight is 182 g/mol. The third-order valence-electron chi connectivity index (χ3n) is 1.38. The molecule has 0 fully saturated rings. The van der Waals surface area contributed by atoms with Gasteiger partial charge in [0.25, 0.3) is 5.91 Å². The van der Waals surface area contributed by atoms with Gasteiger partial charge in [0.05, 0.1) is 6.20 Å². The van der Waals surface area contributed by atoms with Gasteiger partial charge in [-0.2, -0.15) is 0 Å². The van der Waals surface area contributed by atoms with Gasteiger partial charge < -0.3 is 5.32 Å². The van der Waals surface area contributed by atoms with Crippen LogP contribution < -0.4 is 5.32 Å². The number of hydrogen-bond acceptors (Lipinski definition) is 2. The third kappa shape index (κ3) is 2.82. The summed E-state index contributed by atoms with van der Waals surface area (Å²) in [6.07, 6.45) is 1.02. The van der Waals surface area contributed by atoms with Crippen molar-refractivity contribution < 1.29 is 9.18 Å². The van der Waals surface area contributed by atoms with Crippen LogP contribution in [0.1, 0.15) is 24.3 Å². The van der Waals surface area contributed by atoms with Crippen molar-refractivity contribution in [3.8, 4) is 0 Å². The summed E-state index contributed by atoms with van der Waals surface area (Å²) < 4.78 is 12.4. The molecule has 4 heteroatoms. The van der Waals surface area contributed by atoms with Gasteiger partial charge in [0.1, 0.15) is 11.5 Å².